The third-order valence-corrected chi connectivity index (χ3v) is 13.0. The molecule has 0 saturated heterocycles. The SMILES string of the molecule is CC(C)(Cc1cccc(C(=O)NCCc2ccc(C(F)(F)F)cc2)c1)NC[C@@H](O[Si](C)(C)C(C)(C)C)c1ccc(O)c(CO)c1. The van der Waals surface area contributed by atoms with E-state index in [0.717, 1.165) is 23.3 Å². The number of aromatic hydroxyl groups is 1. The molecular formula is C35H47F3N2O4Si. The minimum Gasteiger partial charge on any atom is -0.508 e. The van der Waals surface area contributed by atoms with Crippen molar-refractivity contribution in [3.05, 3.63) is 100 Å². The van der Waals surface area contributed by atoms with Gasteiger partial charge in [0.1, 0.15) is 5.75 Å². The lowest BCUT2D eigenvalue weighted by molar-refractivity contribution is -0.137. The molecule has 0 unspecified atom stereocenters. The smallest absolute Gasteiger partial charge is 0.416 e. The van der Waals surface area contributed by atoms with Gasteiger partial charge >= 0.3 is 6.18 Å². The molecule has 0 aliphatic rings. The molecular weight excluding hydrogens is 597 g/mol. The van der Waals surface area contributed by atoms with E-state index >= 15 is 0 Å². The van der Waals surface area contributed by atoms with Gasteiger partial charge in [-0.3, -0.25) is 4.79 Å². The van der Waals surface area contributed by atoms with Gasteiger partial charge in [-0.05, 0) is 97.9 Å². The third kappa shape index (κ3) is 10.4. The molecule has 0 radical (unpaired) electrons. The number of hydrogen-bond acceptors (Lipinski definition) is 5. The second-order valence-electron chi connectivity index (χ2n) is 13.8. The Kier molecular flexibility index (Phi) is 11.7. The van der Waals surface area contributed by atoms with Crippen molar-refractivity contribution in [1.82, 2.24) is 10.6 Å². The van der Waals surface area contributed by atoms with E-state index in [2.05, 4.69) is 58.3 Å². The number of aliphatic hydroxyl groups is 1. The van der Waals surface area contributed by atoms with Crippen LogP contribution in [0.25, 0.3) is 0 Å². The Balaban J connectivity index is 1.65. The number of phenols is 1. The first-order valence-electron chi connectivity index (χ1n) is 15.2. The molecule has 1 atom stereocenters. The summed E-state index contributed by atoms with van der Waals surface area (Å²) in [5, 5.41) is 26.4. The zero-order chi connectivity index (χ0) is 33.6. The number of nitrogens with one attached hydrogen (secondary N) is 2. The van der Waals surface area contributed by atoms with Crippen LogP contribution in [-0.2, 0) is 30.1 Å². The summed E-state index contributed by atoms with van der Waals surface area (Å²) < 4.78 is 45.2. The van der Waals surface area contributed by atoms with Crippen molar-refractivity contribution in [2.75, 3.05) is 13.1 Å². The quantitative estimate of drug-likeness (QED) is 0.144. The molecule has 0 aromatic heterocycles. The molecule has 0 bridgehead atoms. The van der Waals surface area contributed by atoms with Crippen molar-refractivity contribution in [2.45, 2.75) is 90.0 Å². The van der Waals surface area contributed by atoms with Gasteiger partial charge in [-0.2, -0.15) is 13.2 Å². The highest BCUT2D eigenvalue weighted by atomic mass is 28.4. The number of halogens is 3. The molecule has 0 fully saturated rings. The molecule has 0 aliphatic carbocycles. The minimum absolute atomic E-state index is 0.0176. The van der Waals surface area contributed by atoms with Crippen LogP contribution in [0.5, 0.6) is 5.75 Å². The fourth-order valence-corrected chi connectivity index (χ4v) is 6.02. The molecule has 3 rings (SSSR count). The van der Waals surface area contributed by atoms with Crippen LogP contribution in [0.15, 0.2) is 66.7 Å². The average molecular weight is 645 g/mol. The summed E-state index contributed by atoms with van der Waals surface area (Å²) in [6.45, 7) is 15.6. The summed E-state index contributed by atoms with van der Waals surface area (Å²) in [4.78, 5) is 12.9. The number of benzene rings is 3. The lowest BCUT2D eigenvalue weighted by Gasteiger charge is -2.40. The maximum atomic E-state index is 12.9. The van der Waals surface area contributed by atoms with E-state index in [1.54, 1.807) is 18.2 Å². The normalized spacial score (nSPS) is 13.5. The summed E-state index contributed by atoms with van der Waals surface area (Å²) in [5.74, 6) is -0.200. The van der Waals surface area contributed by atoms with Crippen molar-refractivity contribution in [1.29, 1.82) is 0 Å². The van der Waals surface area contributed by atoms with Crippen LogP contribution in [0.4, 0.5) is 13.2 Å². The van der Waals surface area contributed by atoms with Gasteiger partial charge in [-0.25, -0.2) is 0 Å². The van der Waals surface area contributed by atoms with Crippen molar-refractivity contribution < 1.29 is 32.6 Å². The van der Waals surface area contributed by atoms with Crippen LogP contribution in [0.2, 0.25) is 18.1 Å². The Labute approximate surface area is 266 Å². The van der Waals surface area contributed by atoms with Crippen LogP contribution in [-0.4, -0.2) is 43.1 Å². The topological polar surface area (TPSA) is 90.8 Å². The second kappa shape index (κ2) is 14.5. The number of aliphatic hydroxyl groups excluding tert-OH is 1. The Hall–Kier alpha value is -3.18. The maximum Gasteiger partial charge on any atom is 0.416 e. The molecule has 0 saturated carbocycles. The van der Waals surface area contributed by atoms with Gasteiger partial charge in [0, 0.05) is 29.8 Å². The van der Waals surface area contributed by atoms with Crippen LogP contribution in [0.1, 0.15) is 78.9 Å². The summed E-state index contributed by atoms with van der Waals surface area (Å²) in [5.41, 5.74) is 2.45. The van der Waals surface area contributed by atoms with E-state index in [1.165, 1.54) is 12.1 Å². The number of rotatable bonds is 13. The molecule has 10 heteroatoms. The molecule has 4 N–H and O–H groups in total. The molecule has 6 nitrogen and oxygen atoms in total. The van der Waals surface area contributed by atoms with Crippen molar-refractivity contribution >= 4 is 14.2 Å². The fraction of sp³-hybridized carbons (Fsp3) is 0.457. The maximum absolute atomic E-state index is 12.9. The van der Waals surface area contributed by atoms with Gasteiger partial charge in [0.15, 0.2) is 8.32 Å². The first-order chi connectivity index (χ1) is 20.8. The van der Waals surface area contributed by atoms with Gasteiger partial charge in [0.05, 0.1) is 18.3 Å². The molecule has 3 aromatic carbocycles. The largest absolute Gasteiger partial charge is 0.508 e. The molecule has 45 heavy (non-hydrogen) atoms. The number of amides is 1. The monoisotopic (exact) mass is 644 g/mol. The van der Waals surface area contributed by atoms with E-state index in [9.17, 15) is 28.2 Å². The zero-order valence-electron chi connectivity index (χ0n) is 27.3. The van der Waals surface area contributed by atoms with Crippen LogP contribution in [0.3, 0.4) is 0 Å². The number of carbonyl (C=O) groups excluding carboxylic acids is 1. The van der Waals surface area contributed by atoms with E-state index in [0.29, 0.717) is 42.6 Å². The summed E-state index contributed by atoms with van der Waals surface area (Å²) in [7, 11) is -2.18. The Morgan fingerprint density at radius 1 is 0.933 bits per heavy atom. The van der Waals surface area contributed by atoms with Crippen molar-refractivity contribution in [2.24, 2.45) is 0 Å². The molecule has 246 valence electrons. The minimum atomic E-state index is -4.38. The van der Waals surface area contributed by atoms with E-state index in [-0.39, 0.29) is 34.9 Å². The number of hydrogen-bond donors (Lipinski definition) is 4. The third-order valence-electron chi connectivity index (χ3n) is 8.47. The second-order valence-corrected chi connectivity index (χ2v) is 18.5. The Morgan fingerprint density at radius 2 is 1.60 bits per heavy atom. The summed E-state index contributed by atoms with van der Waals surface area (Å²) in [6, 6.07) is 17.6. The average Bonchev–Trinajstić information content (AvgIpc) is 2.94. The van der Waals surface area contributed by atoms with E-state index < -0.39 is 20.1 Å². The predicted octanol–water partition coefficient (Wildman–Crippen LogP) is 7.55. The highest BCUT2D eigenvalue weighted by molar-refractivity contribution is 6.74. The van der Waals surface area contributed by atoms with E-state index in [4.69, 9.17) is 4.43 Å². The van der Waals surface area contributed by atoms with Crippen LogP contribution >= 0.6 is 0 Å². The van der Waals surface area contributed by atoms with Gasteiger partial charge < -0.3 is 25.3 Å². The Morgan fingerprint density at radius 3 is 2.20 bits per heavy atom. The molecule has 0 spiro atoms. The van der Waals surface area contributed by atoms with E-state index in [1.807, 2.05) is 24.3 Å². The first-order valence-corrected chi connectivity index (χ1v) is 18.1. The predicted molar refractivity (Wildman–Crippen MR) is 175 cm³/mol. The number of alkyl halides is 3. The standard InChI is InChI=1S/C35H47F3N2O4Si/c1-33(2,3)45(6,7)44-31(26-13-16-30(42)28(20-26)23-41)22-40-34(4,5)21-25-9-8-10-27(19-25)32(43)39-18-17-24-11-14-29(15-12-24)35(36,37)38/h8-16,19-20,31,40-42H,17-18,21-23H2,1-7H3,(H,39,43)/t31-/m1/s1. The molecule has 0 heterocycles. The molecule has 0 aliphatic heterocycles. The highest BCUT2D eigenvalue weighted by Crippen LogP contribution is 2.40. The highest BCUT2D eigenvalue weighted by Gasteiger charge is 2.40. The molecule has 1 amide bonds. The van der Waals surface area contributed by atoms with Gasteiger partial charge in [-0.15, -0.1) is 0 Å². The zero-order valence-corrected chi connectivity index (χ0v) is 28.3. The first kappa shape index (κ1) is 36.3. The van der Waals surface area contributed by atoms with Crippen LogP contribution < -0.4 is 10.6 Å². The lowest BCUT2D eigenvalue weighted by Crippen LogP contribution is -2.47. The lowest BCUT2D eigenvalue weighted by atomic mass is 9.93. The number of carbonyl (C=O) groups is 1. The summed E-state index contributed by atoms with van der Waals surface area (Å²) >= 11 is 0. The summed E-state index contributed by atoms with van der Waals surface area (Å²) in [6.07, 6.45) is -3.64. The Bertz CT molecular complexity index is 1430. The van der Waals surface area contributed by atoms with Gasteiger partial charge in [0.25, 0.3) is 5.91 Å². The molecule has 3 aromatic rings. The van der Waals surface area contributed by atoms with Crippen LogP contribution in [0, 0.1) is 0 Å². The van der Waals surface area contributed by atoms with Crippen molar-refractivity contribution in [3.8, 4) is 5.75 Å². The van der Waals surface area contributed by atoms with Gasteiger partial charge in [-0.1, -0.05) is 51.1 Å². The fourth-order valence-electron chi connectivity index (χ4n) is 4.74. The van der Waals surface area contributed by atoms with Gasteiger partial charge in [0.2, 0.25) is 0 Å². The van der Waals surface area contributed by atoms with Crippen molar-refractivity contribution in [3.63, 3.8) is 0 Å².